The highest BCUT2D eigenvalue weighted by molar-refractivity contribution is 9.10. The molecule has 5 nitrogen and oxygen atoms in total. The van der Waals surface area contributed by atoms with Crippen LogP contribution in [0.3, 0.4) is 0 Å². The molecule has 1 fully saturated rings. The van der Waals surface area contributed by atoms with Crippen LogP contribution in [0.4, 0.5) is 10.5 Å². The number of anilines is 1. The average molecular weight is 327 g/mol. The highest BCUT2D eigenvalue weighted by Gasteiger charge is 2.34. The number of aryl methyl sites for hydroxylation is 1. The predicted molar refractivity (Wildman–Crippen MR) is 75.3 cm³/mol. The predicted octanol–water partition coefficient (Wildman–Crippen LogP) is 2.84. The molecular weight excluding hydrogens is 312 g/mol. The van der Waals surface area contributed by atoms with Crippen molar-refractivity contribution in [2.75, 3.05) is 11.9 Å². The van der Waals surface area contributed by atoms with Crippen molar-refractivity contribution < 1.29 is 14.7 Å². The minimum absolute atomic E-state index is 0.0553. The van der Waals surface area contributed by atoms with Crippen LogP contribution in [0.1, 0.15) is 18.4 Å². The molecule has 102 valence electrons. The Balaban J connectivity index is 2.10. The molecule has 0 unspecified atom stereocenters. The molecule has 2 amide bonds. The van der Waals surface area contributed by atoms with Crippen LogP contribution < -0.4 is 5.32 Å². The fourth-order valence-corrected chi connectivity index (χ4v) is 2.17. The van der Waals surface area contributed by atoms with Crippen molar-refractivity contribution in [2.45, 2.75) is 25.8 Å². The van der Waals surface area contributed by atoms with Gasteiger partial charge in [-0.1, -0.05) is 6.07 Å². The van der Waals surface area contributed by atoms with E-state index in [-0.39, 0.29) is 18.6 Å². The fraction of sp³-hybridized carbons (Fsp3) is 0.385. The third kappa shape index (κ3) is 3.70. The Morgan fingerprint density at radius 3 is 2.74 bits per heavy atom. The maximum Gasteiger partial charge on any atom is 0.323 e. The second-order valence-corrected chi connectivity index (χ2v) is 5.52. The number of hydrogen-bond donors (Lipinski definition) is 2. The second kappa shape index (κ2) is 5.61. The number of carbonyl (C=O) groups is 2. The monoisotopic (exact) mass is 326 g/mol. The van der Waals surface area contributed by atoms with E-state index in [1.165, 1.54) is 4.90 Å². The summed E-state index contributed by atoms with van der Waals surface area (Å²) in [5.41, 5.74) is 1.68. The minimum atomic E-state index is -0.995. The minimum Gasteiger partial charge on any atom is -0.480 e. The zero-order chi connectivity index (χ0) is 14.0. The fourth-order valence-electron chi connectivity index (χ4n) is 1.82. The van der Waals surface area contributed by atoms with E-state index in [0.717, 1.165) is 22.9 Å². The van der Waals surface area contributed by atoms with E-state index >= 15 is 0 Å². The van der Waals surface area contributed by atoms with Crippen molar-refractivity contribution in [3.63, 3.8) is 0 Å². The van der Waals surface area contributed by atoms with Crippen molar-refractivity contribution in [3.8, 4) is 0 Å². The number of hydrogen-bond acceptors (Lipinski definition) is 2. The van der Waals surface area contributed by atoms with Crippen LogP contribution in [0.5, 0.6) is 0 Å². The van der Waals surface area contributed by atoms with Gasteiger partial charge in [0.15, 0.2) is 0 Å². The summed E-state index contributed by atoms with van der Waals surface area (Å²) in [6.45, 7) is 1.66. The summed E-state index contributed by atoms with van der Waals surface area (Å²) in [6, 6.07) is 5.31. The van der Waals surface area contributed by atoms with Crippen LogP contribution >= 0.6 is 15.9 Å². The van der Waals surface area contributed by atoms with Gasteiger partial charge in [0.05, 0.1) is 5.69 Å². The molecule has 0 bridgehead atoms. The first-order valence-corrected chi connectivity index (χ1v) is 6.82. The van der Waals surface area contributed by atoms with Gasteiger partial charge in [0.1, 0.15) is 6.54 Å². The maximum atomic E-state index is 12.1. The van der Waals surface area contributed by atoms with Crippen molar-refractivity contribution in [1.29, 1.82) is 0 Å². The van der Waals surface area contributed by atoms with Gasteiger partial charge in [0.25, 0.3) is 0 Å². The molecule has 0 radical (unpaired) electrons. The van der Waals surface area contributed by atoms with Gasteiger partial charge in [0, 0.05) is 10.5 Å². The topological polar surface area (TPSA) is 69.6 Å². The van der Waals surface area contributed by atoms with Crippen LogP contribution in [0.2, 0.25) is 0 Å². The Morgan fingerprint density at radius 2 is 2.16 bits per heavy atom. The lowest BCUT2D eigenvalue weighted by Crippen LogP contribution is -2.40. The number of carbonyl (C=O) groups excluding carboxylic acids is 1. The Hall–Kier alpha value is -1.56. The maximum absolute atomic E-state index is 12.1. The number of benzene rings is 1. The Bertz CT molecular complexity index is 515. The Kier molecular flexibility index (Phi) is 4.09. The number of aliphatic carboxylic acids is 1. The molecule has 0 aliphatic heterocycles. The summed E-state index contributed by atoms with van der Waals surface area (Å²) in [4.78, 5) is 24.3. The van der Waals surface area contributed by atoms with Crippen molar-refractivity contribution in [3.05, 3.63) is 28.2 Å². The molecular formula is C13H15BrN2O3. The first kappa shape index (κ1) is 13.9. The van der Waals surface area contributed by atoms with Gasteiger partial charge in [-0.25, -0.2) is 4.79 Å². The van der Waals surface area contributed by atoms with Gasteiger partial charge in [-0.2, -0.15) is 0 Å². The Morgan fingerprint density at radius 1 is 1.47 bits per heavy atom. The zero-order valence-corrected chi connectivity index (χ0v) is 12.1. The molecule has 1 saturated carbocycles. The molecule has 0 aromatic heterocycles. The smallest absolute Gasteiger partial charge is 0.323 e. The van der Waals surface area contributed by atoms with Crippen molar-refractivity contribution in [2.24, 2.45) is 0 Å². The molecule has 2 rings (SSSR count). The molecule has 6 heteroatoms. The number of rotatable bonds is 4. The number of urea groups is 1. The van der Waals surface area contributed by atoms with E-state index < -0.39 is 5.97 Å². The molecule has 0 saturated heterocycles. The summed E-state index contributed by atoms with van der Waals surface area (Å²) in [6.07, 6.45) is 1.74. The number of carboxylic acids is 1. The first-order valence-electron chi connectivity index (χ1n) is 6.03. The molecule has 0 atom stereocenters. The highest BCUT2D eigenvalue weighted by atomic mass is 79.9. The molecule has 0 heterocycles. The van der Waals surface area contributed by atoms with E-state index in [0.29, 0.717) is 5.69 Å². The summed E-state index contributed by atoms with van der Waals surface area (Å²) >= 11 is 3.36. The van der Waals surface area contributed by atoms with E-state index in [9.17, 15) is 9.59 Å². The van der Waals surface area contributed by atoms with Crippen LogP contribution in [0.15, 0.2) is 22.7 Å². The summed E-state index contributed by atoms with van der Waals surface area (Å²) < 4.78 is 0.775. The lowest BCUT2D eigenvalue weighted by Gasteiger charge is -2.21. The third-order valence-electron chi connectivity index (χ3n) is 2.92. The van der Waals surface area contributed by atoms with Gasteiger partial charge >= 0.3 is 12.0 Å². The number of carboxylic acid groups (broad SMARTS) is 1. The SMILES string of the molecule is Cc1ccc(Br)c(NC(=O)N(CC(=O)O)C2CC2)c1. The third-order valence-corrected chi connectivity index (χ3v) is 3.61. The van der Waals surface area contributed by atoms with E-state index in [2.05, 4.69) is 21.2 Å². The molecule has 1 aromatic carbocycles. The number of nitrogens with one attached hydrogen (secondary N) is 1. The van der Waals surface area contributed by atoms with Crippen LogP contribution in [0, 0.1) is 6.92 Å². The lowest BCUT2D eigenvalue weighted by atomic mass is 10.2. The molecule has 19 heavy (non-hydrogen) atoms. The number of amides is 2. The summed E-state index contributed by atoms with van der Waals surface area (Å²) in [7, 11) is 0. The summed E-state index contributed by atoms with van der Waals surface area (Å²) in [5, 5.41) is 11.6. The normalized spacial score (nSPS) is 14.0. The van der Waals surface area contributed by atoms with Crippen LogP contribution in [0.25, 0.3) is 0 Å². The van der Waals surface area contributed by atoms with E-state index in [4.69, 9.17) is 5.11 Å². The van der Waals surface area contributed by atoms with Gasteiger partial charge in [0.2, 0.25) is 0 Å². The standard InChI is InChI=1S/C13H15BrN2O3/c1-8-2-5-10(14)11(6-8)15-13(19)16(7-12(17)18)9-3-4-9/h2,5-6,9H,3-4,7H2,1H3,(H,15,19)(H,17,18). The number of nitrogens with zero attached hydrogens (tertiary/aromatic N) is 1. The van der Waals surface area contributed by atoms with Gasteiger partial charge < -0.3 is 15.3 Å². The van der Waals surface area contributed by atoms with E-state index in [1.54, 1.807) is 0 Å². The quantitative estimate of drug-likeness (QED) is 0.893. The van der Waals surface area contributed by atoms with Crippen LogP contribution in [-0.4, -0.2) is 34.6 Å². The molecule has 2 N–H and O–H groups in total. The van der Waals surface area contributed by atoms with E-state index in [1.807, 2.05) is 25.1 Å². The van der Waals surface area contributed by atoms with Crippen LogP contribution in [-0.2, 0) is 4.79 Å². The highest BCUT2D eigenvalue weighted by Crippen LogP contribution is 2.29. The van der Waals surface area contributed by atoms with Gasteiger partial charge in [-0.3, -0.25) is 4.79 Å². The molecule has 0 spiro atoms. The second-order valence-electron chi connectivity index (χ2n) is 4.67. The molecule has 1 aromatic rings. The molecule has 1 aliphatic rings. The average Bonchev–Trinajstić information content (AvgIpc) is 3.14. The molecule has 1 aliphatic carbocycles. The van der Waals surface area contributed by atoms with Crippen molar-refractivity contribution >= 4 is 33.6 Å². The van der Waals surface area contributed by atoms with Gasteiger partial charge in [-0.15, -0.1) is 0 Å². The largest absolute Gasteiger partial charge is 0.480 e. The summed E-state index contributed by atoms with van der Waals surface area (Å²) in [5.74, 6) is -0.995. The van der Waals surface area contributed by atoms with Crippen molar-refractivity contribution in [1.82, 2.24) is 4.90 Å². The lowest BCUT2D eigenvalue weighted by molar-refractivity contribution is -0.137. The first-order chi connectivity index (χ1) is 8.97. The number of halogens is 1. The zero-order valence-electron chi connectivity index (χ0n) is 10.5. The van der Waals surface area contributed by atoms with Gasteiger partial charge in [-0.05, 0) is 53.4 Å². The Labute approximate surface area is 119 Å².